The number of aromatic nitrogens is 1. The Balaban J connectivity index is 1.96. The minimum Gasteiger partial charge on any atom is -0.256 e. The van der Waals surface area contributed by atoms with Crippen LogP contribution in [0.15, 0.2) is 91.1 Å². The Morgan fingerprint density at radius 1 is 0.500 bits per heavy atom. The first-order valence-electron chi connectivity index (χ1n) is 9.04. The van der Waals surface area contributed by atoms with Gasteiger partial charge in [0.1, 0.15) is 11.6 Å². The second-order valence-corrected chi connectivity index (χ2v) is 6.71. The van der Waals surface area contributed by atoms with Crippen molar-refractivity contribution in [3.05, 3.63) is 103 Å². The first-order valence-corrected chi connectivity index (χ1v) is 9.04. The quantitative estimate of drug-likeness (QED) is 0.306. The number of rotatable bonds is 2. The van der Waals surface area contributed by atoms with E-state index >= 15 is 0 Å². The zero-order valence-corrected chi connectivity index (χ0v) is 14.9. The summed E-state index contributed by atoms with van der Waals surface area (Å²) in [4.78, 5) is 4.67. The van der Waals surface area contributed by atoms with Crippen LogP contribution in [-0.2, 0) is 0 Å². The SMILES string of the molecule is Fc1ccc(-c2c3ccccc3c(-c3ccc(F)cc3)c3ncccc23)cc1. The third kappa shape index (κ3) is 2.64. The molecule has 0 amide bonds. The van der Waals surface area contributed by atoms with Gasteiger partial charge in [-0.05, 0) is 57.8 Å². The number of halogens is 2. The lowest BCUT2D eigenvalue weighted by Gasteiger charge is -2.16. The lowest BCUT2D eigenvalue weighted by Crippen LogP contribution is -1.92. The highest BCUT2D eigenvalue weighted by Crippen LogP contribution is 2.42. The summed E-state index contributed by atoms with van der Waals surface area (Å²) in [7, 11) is 0. The van der Waals surface area contributed by atoms with Gasteiger partial charge in [-0.25, -0.2) is 8.78 Å². The standard InChI is InChI=1S/C25H15F2N/c26-18-11-7-16(8-12-18)23-20-4-1-2-5-21(20)24(17-9-13-19(27)14-10-17)25-22(23)6-3-15-28-25/h1-15H. The summed E-state index contributed by atoms with van der Waals surface area (Å²) in [5.41, 5.74) is 4.67. The summed E-state index contributed by atoms with van der Waals surface area (Å²) in [6, 6.07) is 25.0. The number of pyridine rings is 1. The van der Waals surface area contributed by atoms with E-state index in [2.05, 4.69) is 17.1 Å². The predicted octanol–water partition coefficient (Wildman–Crippen LogP) is 7.00. The minimum absolute atomic E-state index is 0.265. The van der Waals surface area contributed by atoms with Gasteiger partial charge in [0.2, 0.25) is 0 Å². The lowest BCUT2D eigenvalue weighted by atomic mass is 9.88. The van der Waals surface area contributed by atoms with Crippen molar-refractivity contribution < 1.29 is 8.78 Å². The van der Waals surface area contributed by atoms with Crippen LogP contribution in [0.2, 0.25) is 0 Å². The molecule has 0 aliphatic heterocycles. The van der Waals surface area contributed by atoms with Crippen molar-refractivity contribution in [1.82, 2.24) is 4.98 Å². The summed E-state index contributed by atoms with van der Waals surface area (Å²) in [6.07, 6.45) is 1.76. The van der Waals surface area contributed by atoms with E-state index in [1.807, 2.05) is 24.3 Å². The van der Waals surface area contributed by atoms with Crippen molar-refractivity contribution in [2.24, 2.45) is 0 Å². The van der Waals surface area contributed by atoms with E-state index in [9.17, 15) is 8.78 Å². The van der Waals surface area contributed by atoms with Gasteiger partial charge in [0.05, 0.1) is 5.52 Å². The molecule has 28 heavy (non-hydrogen) atoms. The Bertz CT molecular complexity index is 1150. The van der Waals surface area contributed by atoms with Gasteiger partial charge < -0.3 is 0 Å². The number of nitrogens with zero attached hydrogens (tertiary/aromatic N) is 1. The maximum atomic E-state index is 13.5. The highest BCUT2D eigenvalue weighted by Gasteiger charge is 2.17. The molecule has 0 aliphatic carbocycles. The molecule has 0 atom stereocenters. The molecule has 0 fully saturated rings. The van der Waals surface area contributed by atoms with Gasteiger partial charge in [0, 0.05) is 17.1 Å². The zero-order chi connectivity index (χ0) is 19.1. The van der Waals surface area contributed by atoms with Gasteiger partial charge in [-0.1, -0.05) is 54.6 Å². The van der Waals surface area contributed by atoms with E-state index in [0.29, 0.717) is 0 Å². The summed E-state index contributed by atoms with van der Waals surface area (Å²) < 4.78 is 27.0. The molecule has 5 aromatic rings. The van der Waals surface area contributed by atoms with Crippen molar-refractivity contribution in [3.8, 4) is 22.3 Å². The van der Waals surface area contributed by atoms with Crippen molar-refractivity contribution >= 4 is 21.7 Å². The van der Waals surface area contributed by atoms with Crippen LogP contribution in [-0.4, -0.2) is 4.98 Å². The summed E-state index contributed by atoms with van der Waals surface area (Å²) >= 11 is 0. The van der Waals surface area contributed by atoms with Gasteiger partial charge in [-0.3, -0.25) is 4.98 Å². The van der Waals surface area contributed by atoms with Crippen LogP contribution in [0, 0.1) is 11.6 Å². The van der Waals surface area contributed by atoms with Crippen LogP contribution in [0.5, 0.6) is 0 Å². The molecule has 0 radical (unpaired) electrons. The average molecular weight is 367 g/mol. The number of fused-ring (bicyclic) bond motifs is 2. The highest BCUT2D eigenvalue weighted by molar-refractivity contribution is 6.20. The van der Waals surface area contributed by atoms with Crippen LogP contribution in [0.25, 0.3) is 43.9 Å². The first kappa shape index (κ1) is 16.6. The van der Waals surface area contributed by atoms with Gasteiger partial charge in [0.15, 0.2) is 0 Å². The van der Waals surface area contributed by atoms with E-state index in [4.69, 9.17) is 0 Å². The molecule has 134 valence electrons. The molecule has 3 heteroatoms. The Morgan fingerprint density at radius 2 is 1.00 bits per heavy atom. The molecule has 1 nitrogen and oxygen atoms in total. The normalized spacial score (nSPS) is 11.2. The monoisotopic (exact) mass is 367 g/mol. The fourth-order valence-corrected chi connectivity index (χ4v) is 3.83. The number of hydrogen-bond donors (Lipinski definition) is 0. The van der Waals surface area contributed by atoms with Gasteiger partial charge in [-0.2, -0.15) is 0 Å². The molecule has 0 saturated heterocycles. The van der Waals surface area contributed by atoms with Gasteiger partial charge in [-0.15, -0.1) is 0 Å². The topological polar surface area (TPSA) is 12.9 Å². The summed E-state index contributed by atoms with van der Waals surface area (Å²) in [5.74, 6) is -0.535. The highest BCUT2D eigenvalue weighted by atomic mass is 19.1. The van der Waals surface area contributed by atoms with Gasteiger partial charge in [0.25, 0.3) is 0 Å². The molecule has 0 N–H and O–H groups in total. The Kier molecular flexibility index (Phi) is 3.87. The van der Waals surface area contributed by atoms with Crippen LogP contribution in [0.3, 0.4) is 0 Å². The Labute approximate surface area is 160 Å². The molecule has 0 spiro atoms. The molecular formula is C25H15F2N. The lowest BCUT2D eigenvalue weighted by molar-refractivity contribution is 0.627. The predicted molar refractivity (Wildman–Crippen MR) is 110 cm³/mol. The molecule has 1 heterocycles. The molecule has 1 aromatic heterocycles. The maximum Gasteiger partial charge on any atom is 0.123 e. The van der Waals surface area contributed by atoms with Crippen LogP contribution < -0.4 is 0 Å². The fourth-order valence-electron chi connectivity index (χ4n) is 3.83. The summed E-state index contributed by atoms with van der Waals surface area (Å²) in [5, 5.41) is 3.06. The van der Waals surface area contributed by atoms with Crippen LogP contribution >= 0.6 is 0 Å². The van der Waals surface area contributed by atoms with Crippen LogP contribution in [0.4, 0.5) is 8.78 Å². The third-order valence-corrected chi connectivity index (χ3v) is 5.05. The smallest absolute Gasteiger partial charge is 0.123 e. The molecule has 0 unspecified atom stereocenters. The molecule has 4 aromatic carbocycles. The van der Waals surface area contributed by atoms with Crippen molar-refractivity contribution in [3.63, 3.8) is 0 Å². The van der Waals surface area contributed by atoms with Crippen molar-refractivity contribution in [2.75, 3.05) is 0 Å². The second kappa shape index (κ2) is 6.54. The van der Waals surface area contributed by atoms with Gasteiger partial charge >= 0.3 is 0 Å². The molecule has 0 bridgehead atoms. The first-order chi connectivity index (χ1) is 13.7. The van der Waals surface area contributed by atoms with Crippen LogP contribution in [0.1, 0.15) is 0 Å². The Hall–Kier alpha value is -3.59. The number of hydrogen-bond acceptors (Lipinski definition) is 1. The third-order valence-electron chi connectivity index (χ3n) is 5.05. The van der Waals surface area contributed by atoms with Crippen molar-refractivity contribution in [1.29, 1.82) is 0 Å². The van der Waals surface area contributed by atoms with E-state index in [1.165, 1.54) is 24.3 Å². The average Bonchev–Trinajstić information content (AvgIpc) is 2.74. The minimum atomic E-state index is -0.270. The summed E-state index contributed by atoms with van der Waals surface area (Å²) in [6.45, 7) is 0. The number of benzene rings is 4. The molecule has 0 aliphatic rings. The van der Waals surface area contributed by atoms with E-state index in [1.54, 1.807) is 30.5 Å². The Morgan fingerprint density at radius 3 is 1.61 bits per heavy atom. The second-order valence-electron chi connectivity index (χ2n) is 6.71. The van der Waals surface area contributed by atoms with E-state index < -0.39 is 0 Å². The fraction of sp³-hybridized carbons (Fsp3) is 0. The van der Waals surface area contributed by atoms with Crippen molar-refractivity contribution in [2.45, 2.75) is 0 Å². The molecule has 0 saturated carbocycles. The molecular weight excluding hydrogens is 352 g/mol. The van der Waals surface area contributed by atoms with E-state index in [0.717, 1.165) is 43.9 Å². The molecule has 5 rings (SSSR count). The van der Waals surface area contributed by atoms with E-state index in [-0.39, 0.29) is 11.6 Å². The maximum absolute atomic E-state index is 13.5. The zero-order valence-electron chi connectivity index (χ0n) is 14.9. The largest absolute Gasteiger partial charge is 0.256 e.